The van der Waals surface area contributed by atoms with Crippen molar-refractivity contribution in [3.63, 3.8) is 0 Å². The van der Waals surface area contributed by atoms with Crippen molar-refractivity contribution in [2.75, 3.05) is 0 Å². The first-order valence-corrected chi connectivity index (χ1v) is 19.7. The van der Waals surface area contributed by atoms with Crippen LogP contribution in [0, 0.1) is 0 Å². The lowest BCUT2D eigenvalue weighted by Gasteiger charge is -2.22. The van der Waals surface area contributed by atoms with Gasteiger partial charge in [0, 0.05) is 44.8 Å². The lowest BCUT2D eigenvalue weighted by molar-refractivity contribution is 0.660. The van der Waals surface area contributed by atoms with E-state index in [0.29, 0.717) is 17.5 Å². The van der Waals surface area contributed by atoms with Gasteiger partial charge in [0.25, 0.3) is 0 Å². The zero-order chi connectivity index (χ0) is 38.8. The number of pyridine rings is 1. The highest BCUT2D eigenvalue weighted by Gasteiger charge is 2.38. The largest absolute Gasteiger partial charge is 0.294 e. The average Bonchev–Trinajstić information content (AvgIpc) is 3.75. The van der Waals surface area contributed by atoms with E-state index in [4.69, 9.17) is 19.9 Å². The Morgan fingerprint density at radius 2 is 1.02 bits per heavy atom. The van der Waals surface area contributed by atoms with E-state index < -0.39 is 0 Å². The second-order valence-corrected chi connectivity index (χ2v) is 15.5. The molecule has 10 aromatic rings. The summed E-state index contributed by atoms with van der Waals surface area (Å²) >= 11 is 0. The molecule has 0 N–H and O–H groups in total. The van der Waals surface area contributed by atoms with Gasteiger partial charge in [-0.05, 0) is 80.9 Å². The predicted molar refractivity (Wildman–Crippen MR) is 237 cm³/mol. The van der Waals surface area contributed by atoms with Crippen molar-refractivity contribution in [2.24, 2.45) is 0 Å². The van der Waals surface area contributed by atoms with Gasteiger partial charge in [0.1, 0.15) is 5.65 Å². The molecule has 0 unspecified atom stereocenters. The molecule has 58 heavy (non-hydrogen) atoms. The third-order valence-corrected chi connectivity index (χ3v) is 11.7. The molecule has 3 aromatic heterocycles. The molecule has 0 saturated heterocycles. The van der Waals surface area contributed by atoms with Crippen molar-refractivity contribution in [3.8, 4) is 73.2 Å². The van der Waals surface area contributed by atoms with Gasteiger partial charge in [-0.25, -0.2) is 19.9 Å². The summed E-state index contributed by atoms with van der Waals surface area (Å²) in [6, 6.07) is 64.1. The molecule has 274 valence electrons. The Kier molecular flexibility index (Phi) is 7.76. The molecule has 1 aliphatic rings. The average molecular weight is 744 g/mol. The van der Waals surface area contributed by atoms with Gasteiger partial charge in [-0.2, -0.15) is 0 Å². The van der Waals surface area contributed by atoms with E-state index in [1.54, 1.807) is 0 Å². The van der Waals surface area contributed by atoms with Crippen LogP contribution in [-0.4, -0.2) is 24.5 Å². The second kappa shape index (κ2) is 13.3. The lowest BCUT2D eigenvalue weighted by Crippen LogP contribution is -2.15. The number of para-hydroxylation sites is 1. The van der Waals surface area contributed by atoms with Gasteiger partial charge in [-0.3, -0.25) is 4.57 Å². The monoisotopic (exact) mass is 743 g/mol. The number of hydrogen-bond acceptors (Lipinski definition) is 4. The van der Waals surface area contributed by atoms with Crippen LogP contribution < -0.4 is 0 Å². The van der Waals surface area contributed by atoms with Crippen molar-refractivity contribution in [1.82, 2.24) is 24.5 Å². The molecule has 0 aliphatic heterocycles. The molecule has 0 bridgehead atoms. The molecular formula is C53H37N5. The minimum Gasteiger partial charge on any atom is -0.294 e. The fraction of sp³-hybridized carbons (Fsp3) is 0.0566. The maximum atomic E-state index is 5.29. The maximum absolute atomic E-state index is 5.29. The highest BCUT2D eigenvalue weighted by molar-refractivity contribution is 6.08. The number of aromatic nitrogens is 5. The van der Waals surface area contributed by atoms with Crippen LogP contribution in [0.4, 0.5) is 0 Å². The Labute approximate surface area is 337 Å². The first-order valence-electron chi connectivity index (χ1n) is 19.7. The number of benzene rings is 7. The van der Waals surface area contributed by atoms with Gasteiger partial charge in [-0.1, -0.05) is 159 Å². The summed E-state index contributed by atoms with van der Waals surface area (Å²) in [5, 5.41) is 2.34. The summed E-state index contributed by atoms with van der Waals surface area (Å²) in [5.74, 6) is 1.91. The molecule has 7 aromatic carbocycles. The quantitative estimate of drug-likeness (QED) is 0.170. The summed E-state index contributed by atoms with van der Waals surface area (Å²) in [4.78, 5) is 20.6. The van der Waals surface area contributed by atoms with E-state index in [9.17, 15) is 0 Å². The number of nitrogens with zero attached hydrogens (tertiary/aromatic N) is 5. The van der Waals surface area contributed by atoms with E-state index in [2.05, 4.69) is 182 Å². The van der Waals surface area contributed by atoms with Crippen LogP contribution >= 0.6 is 0 Å². The molecule has 0 radical (unpaired) electrons. The van der Waals surface area contributed by atoms with Gasteiger partial charge < -0.3 is 0 Å². The zero-order valence-electron chi connectivity index (χ0n) is 32.1. The number of fused-ring (bicyclic) bond motifs is 6. The van der Waals surface area contributed by atoms with Crippen molar-refractivity contribution < 1.29 is 0 Å². The Morgan fingerprint density at radius 3 is 1.81 bits per heavy atom. The van der Waals surface area contributed by atoms with Crippen LogP contribution in [0.3, 0.4) is 0 Å². The molecule has 0 atom stereocenters. The SMILES string of the molecule is CC1(C)c2cc(-n3c4ccccc4c4cccnc43)ccc2-c2c(-c3nc(-c4ccc(-c5ccccc5)cc4)nc(-c4cccc(-c5ccccc5)c4)n3)cccc21. The molecule has 5 nitrogen and oxygen atoms in total. The number of rotatable bonds is 6. The minimum absolute atomic E-state index is 0.279. The van der Waals surface area contributed by atoms with Gasteiger partial charge in [0.2, 0.25) is 0 Å². The van der Waals surface area contributed by atoms with E-state index in [1.165, 1.54) is 27.6 Å². The third-order valence-electron chi connectivity index (χ3n) is 11.7. The fourth-order valence-electron chi connectivity index (χ4n) is 8.82. The Bertz CT molecular complexity index is 3130. The van der Waals surface area contributed by atoms with Crippen LogP contribution in [0.15, 0.2) is 188 Å². The number of hydrogen-bond donors (Lipinski definition) is 0. The highest BCUT2D eigenvalue weighted by atomic mass is 15.0. The van der Waals surface area contributed by atoms with Crippen LogP contribution in [0.25, 0.3) is 95.2 Å². The van der Waals surface area contributed by atoms with Gasteiger partial charge >= 0.3 is 0 Å². The molecule has 0 amide bonds. The second-order valence-electron chi connectivity index (χ2n) is 15.5. The van der Waals surface area contributed by atoms with Gasteiger partial charge in [-0.15, -0.1) is 0 Å². The van der Waals surface area contributed by atoms with Gasteiger partial charge in [0.15, 0.2) is 17.5 Å². The van der Waals surface area contributed by atoms with Gasteiger partial charge in [0.05, 0.1) is 5.52 Å². The third kappa shape index (κ3) is 5.47. The molecule has 5 heteroatoms. The topological polar surface area (TPSA) is 56.5 Å². The summed E-state index contributed by atoms with van der Waals surface area (Å²) in [6.45, 7) is 4.64. The van der Waals surface area contributed by atoms with E-state index in [-0.39, 0.29) is 5.41 Å². The maximum Gasteiger partial charge on any atom is 0.164 e. The minimum atomic E-state index is -0.279. The van der Waals surface area contributed by atoms with Crippen molar-refractivity contribution in [3.05, 3.63) is 199 Å². The van der Waals surface area contributed by atoms with E-state index in [1.807, 2.05) is 24.4 Å². The smallest absolute Gasteiger partial charge is 0.164 e. The van der Waals surface area contributed by atoms with Crippen LogP contribution in [0.5, 0.6) is 0 Å². The van der Waals surface area contributed by atoms with E-state index in [0.717, 1.165) is 61.2 Å². The summed E-state index contributed by atoms with van der Waals surface area (Å²) < 4.78 is 2.29. The molecule has 3 heterocycles. The standard InChI is InChI=1S/C53H37N5/c1-53(2)45-23-12-21-44(48(45)43-30-29-40(33-46(43)53)58-47-24-10-9-20-41(47)42-22-13-31-54-52(42)58)51-56-49(37-27-25-36(26-28-37)34-14-5-3-6-15-34)55-50(57-51)39-19-11-18-38(32-39)35-16-7-4-8-17-35/h3-33H,1-2H3. The molecule has 0 fully saturated rings. The summed E-state index contributed by atoms with van der Waals surface area (Å²) in [7, 11) is 0. The van der Waals surface area contributed by atoms with Crippen molar-refractivity contribution >= 4 is 21.9 Å². The van der Waals surface area contributed by atoms with E-state index >= 15 is 0 Å². The Balaban J connectivity index is 1.08. The molecule has 11 rings (SSSR count). The van der Waals surface area contributed by atoms with Crippen LogP contribution in [-0.2, 0) is 5.41 Å². The summed E-state index contributed by atoms with van der Waals surface area (Å²) in [5.41, 5.74) is 15.2. The Hall–Kier alpha value is -7.50. The molecular weight excluding hydrogens is 707 g/mol. The zero-order valence-corrected chi connectivity index (χ0v) is 32.1. The first-order chi connectivity index (χ1) is 28.5. The fourth-order valence-corrected chi connectivity index (χ4v) is 8.82. The highest BCUT2D eigenvalue weighted by Crippen LogP contribution is 2.52. The molecule has 0 saturated carbocycles. The molecule has 0 spiro atoms. The summed E-state index contributed by atoms with van der Waals surface area (Å²) in [6.07, 6.45) is 1.88. The van der Waals surface area contributed by atoms with Crippen LogP contribution in [0.2, 0.25) is 0 Å². The Morgan fingerprint density at radius 1 is 0.414 bits per heavy atom. The normalized spacial score (nSPS) is 12.8. The molecule has 1 aliphatic carbocycles. The first kappa shape index (κ1) is 33.8. The predicted octanol–water partition coefficient (Wildman–Crippen LogP) is 13.0. The van der Waals surface area contributed by atoms with Crippen molar-refractivity contribution in [1.29, 1.82) is 0 Å². The van der Waals surface area contributed by atoms with Crippen molar-refractivity contribution in [2.45, 2.75) is 19.3 Å². The van der Waals surface area contributed by atoms with Crippen LogP contribution in [0.1, 0.15) is 25.0 Å². The lowest BCUT2D eigenvalue weighted by atomic mass is 9.82.